The summed E-state index contributed by atoms with van der Waals surface area (Å²) < 4.78 is 14.9. The highest BCUT2D eigenvalue weighted by Gasteiger charge is 2.14. The summed E-state index contributed by atoms with van der Waals surface area (Å²) in [4.78, 5) is 0. The van der Waals surface area contributed by atoms with Gasteiger partial charge >= 0.3 is 0 Å². The average Bonchev–Trinajstić information content (AvgIpc) is 2.72. The number of aromatic nitrogens is 2. The quantitative estimate of drug-likeness (QED) is 0.899. The molecule has 0 radical (unpaired) electrons. The number of likely N-dealkylation sites (N-methyl/N-ethyl adjacent to an activating group) is 1. The zero-order valence-electron chi connectivity index (χ0n) is 10.9. The molecule has 96 valence electrons. The Labute approximate surface area is 107 Å². The van der Waals surface area contributed by atoms with E-state index in [0.29, 0.717) is 0 Å². The van der Waals surface area contributed by atoms with E-state index < -0.39 is 0 Å². The zero-order valence-corrected chi connectivity index (χ0v) is 10.9. The molecule has 2 aromatic rings. The second-order valence-electron chi connectivity index (χ2n) is 4.53. The van der Waals surface area contributed by atoms with Crippen molar-refractivity contribution in [2.24, 2.45) is 7.05 Å². The fraction of sp³-hybridized carbons (Fsp3) is 0.357. The zero-order chi connectivity index (χ0) is 13.1. The first-order valence-corrected chi connectivity index (χ1v) is 6.02. The topological polar surface area (TPSA) is 29.9 Å². The van der Waals surface area contributed by atoms with E-state index in [-0.39, 0.29) is 11.9 Å². The third-order valence-corrected chi connectivity index (χ3v) is 3.14. The van der Waals surface area contributed by atoms with Gasteiger partial charge < -0.3 is 5.32 Å². The van der Waals surface area contributed by atoms with E-state index in [9.17, 15) is 4.39 Å². The van der Waals surface area contributed by atoms with Crippen LogP contribution in [0.5, 0.6) is 0 Å². The molecule has 0 aliphatic carbocycles. The van der Waals surface area contributed by atoms with Gasteiger partial charge in [0.2, 0.25) is 0 Å². The van der Waals surface area contributed by atoms with Gasteiger partial charge in [0, 0.05) is 25.7 Å². The van der Waals surface area contributed by atoms with Gasteiger partial charge in [-0.15, -0.1) is 0 Å². The molecule has 1 aromatic heterocycles. The Morgan fingerprint density at radius 2 is 2.17 bits per heavy atom. The first-order valence-electron chi connectivity index (χ1n) is 6.02. The maximum Gasteiger partial charge on any atom is 0.123 e. The predicted octanol–water partition coefficient (Wildman–Crippen LogP) is 2.37. The van der Waals surface area contributed by atoms with E-state index in [1.54, 1.807) is 10.7 Å². The van der Waals surface area contributed by atoms with Crippen LogP contribution in [0, 0.1) is 12.7 Å². The number of rotatable bonds is 4. The van der Waals surface area contributed by atoms with Crippen LogP contribution in [-0.2, 0) is 13.5 Å². The highest BCUT2D eigenvalue weighted by molar-refractivity contribution is 5.30. The molecular weight excluding hydrogens is 229 g/mol. The van der Waals surface area contributed by atoms with Crippen molar-refractivity contribution in [2.45, 2.75) is 19.4 Å². The van der Waals surface area contributed by atoms with E-state index >= 15 is 0 Å². The molecule has 0 amide bonds. The molecule has 4 heteroatoms. The van der Waals surface area contributed by atoms with Crippen molar-refractivity contribution in [2.75, 3.05) is 7.05 Å². The van der Waals surface area contributed by atoms with E-state index in [0.717, 1.165) is 23.2 Å². The van der Waals surface area contributed by atoms with Crippen LogP contribution in [0.15, 0.2) is 30.5 Å². The molecule has 18 heavy (non-hydrogen) atoms. The van der Waals surface area contributed by atoms with Gasteiger partial charge in [-0.25, -0.2) is 4.39 Å². The fourth-order valence-electron chi connectivity index (χ4n) is 2.18. The van der Waals surface area contributed by atoms with Gasteiger partial charge in [-0.1, -0.05) is 6.07 Å². The summed E-state index contributed by atoms with van der Waals surface area (Å²) in [6.07, 6.45) is 2.73. The largest absolute Gasteiger partial charge is 0.313 e. The first kappa shape index (κ1) is 12.8. The lowest BCUT2D eigenvalue weighted by molar-refractivity contribution is 0.570. The molecule has 2 rings (SSSR count). The minimum atomic E-state index is -0.191. The lowest BCUT2D eigenvalue weighted by Crippen LogP contribution is -2.20. The second-order valence-corrected chi connectivity index (χ2v) is 4.53. The smallest absolute Gasteiger partial charge is 0.123 e. The van der Waals surface area contributed by atoms with E-state index in [2.05, 4.69) is 10.4 Å². The van der Waals surface area contributed by atoms with Gasteiger partial charge in [0.15, 0.2) is 0 Å². The minimum absolute atomic E-state index is 0.153. The van der Waals surface area contributed by atoms with E-state index in [1.807, 2.05) is 39.3 Å². The lowest BCUT2D eigenvalue weighted by Gasteiger charge is -2.18. The number of nitrogens with one attached hydrogen (secondary N) is 1. The highest BCUT2D eigenvalue weighted by atomic mass is 19.1. The number of nitrogens with zero attached hydrogens (tertiary/aromatic N) is 2. The summed E-state index contributed by atoms with van der Waals surface area (Å²) in [5, 5.41) is 7.64. The Bertz CT molecular complexity index is 534. The maximum atomic E-state index is 13.1. The molecule has 0 aliphatic heterocycles. The van der Waals surface area contributed by atoms with Gasteiger partial charge in [-0.2, -0.15) is 5.10 Å². The van der Waals surface area contributed by atoms with Crippen molar-refractivity contribution in [1.29, 1.82) is 0 Å². The van der Waals surface area contributed by atoms with E-state index in [1.165, 1.54) is 6.07 Å². The van der Waals surface area contributed by atoms with Crippen LogP contribution in [0.3, 0.4) is 0 Å². The van der Waals surface area contributed by atoms with Gasteiger partial charge in [0.1, 0.15) is 5.82 Å². The average molecular weight is 247 g/mol. The van der Waals surface area contributed by atoms with Crippen molar-refractivity contribution in [1.82, 2.24) is 15.1 Å². The summed E-state index contributed by atoms with van der Waals surface area (Å²) >= 11 is 0. The molecule has 0 saturated heterocycles. The first-order chi connectivity index (χ1) is 8.60. The van der Waals surface area contributed by atoms with Crippen LogP contribution in [0.4, 0.5) is 4.39 Å². The highest BCUT2D eigenvalue weighted by Crippen LogP contribution is 2.21. The van der Waals surface area contributed by atoms with Crippen LogP contribution in [0.1, 0.15) is 22.9 Å². The molecule has 3 nitrogen and oxygen atoms in total. The number of aryl methyl sites for hydroxylation is 2. The SMILES string of the molecule is CNC(Cc1ccn(C)n1)c1ccc(F)cc1C. The Kier molecular flexibility index (Phi) is 3.77. The molecular formula is C14H18FN3. The molecule has 0 saturated carbocycles. The Morgan fingerprint density at radius 3 is 2.72 bits per heavy atom. The third kappa shape index (κ3) is 2.76. The number of benzene rings is 1. The number of halogens is 1. The predicted molar refractivity (Wildman–Crippen MR) is 69.8 cm³/mol. The molecule has 1 heterocycles. The van der Waals surface area contributed by atoms with Gasteiger partial charge in [0.25, 0.3) is 0 Å². The standard InChI is InChI=1S/C14H18FN3/c1-10-8-11(15)4-5-13(10)14(16-2)9-12-6-7-18(3)17-12/h4-8,14,16H,9H2,1-3H3. The Morgan fingerprint density at radius 1 is 1.39 bits per heavy atom. The fourth-order valence-corrected chi connectivity index (χ4v) is 2.18. The molecule has 0 bridgehead atoms. The van der Waals surface area contributed by atoms with Crippen molar-refractivity contribution >= 4 is 0 Å². The summed E-state index contributed by atoms with van der Waals surface area (Å²) in [6.45, 7) is 1.93. The summed E-state index contributed by atoms with van der Waals surface area (Å²) in [5.41, 5.74) is 3.11. The van der Waals surface area contributed by atoms with Crippen LogP contribution in [0.25, 0.3) is 0 Å². The Balaban J connectivity index is 2.22. The third-order valence-electron chi connectivity index (χ3n) is 3.14. The van der Waals surface area contributed by atoms with E-state index in [4.69, 9.17) is 0 Å². The molecule has 0 spiro atoms. The summed E-state index contributed by atoms with van der Waals surface area (Å²) in [5.74, 6) is -0.191. The molecule has 1 aromatic carbocycles. The normalized spacial score (nSPS) is 12.7. The number of hydrogen-bond acceptors (Lipinski definition) is 2. The Hall–Kier alpha value is -1.68. The van der Waals surface area contributed by atoms with Gasteiger partial charge in [-0.05, 0) is 43.3 Å². The van der Waals surface area contributed by atoms with Crippen molar-refractivity contribution in [3.05, 3.63) is 53.1 Å². The molecule has 1 N–H and O–H groups in total. The van der Waals surface area contributed by atoms with Gasteiger partial charge in [-0.3, -0.25) is 4.68 Å². The van der Waals surface area contributed by atoms with Crippen molar-refractivity contribution < 1.29 is 4.39 Å². The summed E-state index contributed by atoms with van der Waals surface area (Å²) in [7, 11) is 3.82. The summed E-state index contributed by atoms with van der Waals surface area (Å²) in [6, 6.07) is 7.07. The lowest BCUT2D eigenvalue weighted by atomic mass is 9.97. The van der Waals surface area contributed by atoms with Crippen molar-refractivity contribution in [3.8, 4) is 0 Å². The van der Waals surface area contributed by atoms with Crippen LogP contribution in [-0.4, -0.2) is 16.8 Å². The number of hydrogen-bond donors (Lipinski definition) is 1. The van der Waals surface area contributed by atoms with Gasteiger partial charge in [0.05, 0.1) is 5.69 Å². The van der Waals surface area contributed by atoms with Crippen LogP contribution >= 0.6 is 0 Å². The minimum Gasteiger partial charge on any atom is -0.313 e. The second kappa shape index (κ2) is 5.31. The molecule has 0 aliphatic rings. The molecule has 1 atom stereocenters. The van der Waals surface area contributed by atoms with Crippen LogP contribution < -0.4 is 5.32 Å². The molecule has 1 unspecified atom stereocenters. The monoisotopic (exact) mass is 247 g/mol. The molecule has 0 fully saturated rings. The van der Waals surface area contributed by atoms with Crippen LogP contribution in [0.2, 0.25) is 0 Å². The van der Waals surface area contributed by atoms with Crippen molar-refractivity contribution in [3.63, 3.8) is 0 Å². The maximum absolute atomic E-state index is 13.1.